The van der Waals surface area contributed by atoms with Gasteiger partial charge in [-0.05, 0) is 43.9 Å². The van der Waals surface area contributed by atoms with Gasteiger partial charge in [0.1, 0.15) is 6.04 Å². The lowest BCUT2D eigenvalue weighted by Crippen LogP contribution is -2.47. The van der Waals surface area contributed by atoms with Crippen LogP contribution >= 0.6 is 0 Å². The molecule has 0 saturated carbocycles. The molecule has 1 heterocycles. The quantitative estimate of drug-likeness (QED) is 0.567. The van der Waals surface area contributed by atoms with E-state index in [1.165, 1.54) is 12.1 Å². The molecule has 0 aliphatic carbocycles. The van der Waals surface area contributed by atoms with Crippen molar-refractivity contribution in [1.82, 2.24) is 15.0 Å². The largest absolute Gasteiger partial charge is 0.477 e. The predicted octanol–water partition coefficient (Wildman–Crippen LogP) is 3.19. The van der Waals surface area contributed by atoms with Crippen molar-refractivity contribution in [2.24, 2.45) is 5.92 Å². The van der Waals surface area contributed by atoms with Gasteiger partial charge >= 0.3 is 0 Å². The molecule has 0 bridgehead atoms. The third-order valence-corrected chi connectivity index (χ3v) is 5.89. The van der Waals surface area contributed by atoms with Crippen molar-refractivity contribution in [2.75, 3.05) is 6.61 Å². The number of rotatable bonds is 11. The Bertz CT molecular complexity index is 928. The second-order valence-corrected chi connectivity index (χ2v) is 9.36. The minimum atomic E-state index is -3.82. The van der Waals surface area contributed by atoms with Gasteiger partial charge < -0.3 is 10.1 Å². The molecule has 0 aliphatic rings. The monoisotopic (exact) mass is 433 g/mol. The number of sulfonamides is 1. The minimum absolute atomic E-state index is 0.128. The third kappa shape index (κ3) is 7.11. The average Bonchev–Trinajstić information content (AvgIpc) is 2.70. The molecule has 7 nitrogen and oxygen atoms in total. The van der Waals surface area contributed by atoms with Gasteiger partial charge in [0.15, 0.2) is 0 Å². The number of aromatic nitrogens is 1. The van der Waals surface area contributed by atoms with Gasteiger partial charge in [0.25, 0.3) is 0 Å². The molecule has 1 unspecified atom stereocenters. The topological polar surface area (TPSA) is 97.4 Å². The summed E-state index contributed by atoms with van der Waals surface area (Å²) in [7, 11) is -3.82. The molecule has 8 heteroatoms. The highest BCUT2D eigenvalue weighted by atomic mass is 32.2. The number of aryl methyl sites for hydroxylation is 1. The zero-order chi connectivity index (χ0) is 22.1. The molecule has 1 amide bonds. The Kier molecular flexibility index (Phi) is 8.80. The summed E-state index contributed by atoms with van der Waals surface area (Å²) in [5, 5.41) is 2.82. The Morgan fingerprint density at radius 1 is 1.17 bits per heavy atom. The molecule has 0 fully saturated rings. The van der Waals surface area contributed by atoms with Crippen molar-refractivity contribution >= 4 is 15.9 Å². The van der Waals surface area contributed by atoms with Crippen LogP contribution in [0.15, 0.2) is 47.5 Å². The molecule has 30 heavy (non-hydrogen) atoms. The molecular weight excluding hydrogens is 402 g/mol. The van der Waals surface area contributed by atoms with E-state index < -0.39 is 16.1 Å². The summed E-state index contributed by atoms with van der Waals surface area (Å²) in [5.74, 6) is 0.216. The highest BCUT2D eigenvalue weighted by molar-refractivity contribution is 7.89. The smallest absolute Gasteiger partial charge is 0.241 e. The number of pyridine rings is 1. The second kappa shape index (κ2) is 11.1. The van der Waals surface area contributed by atoms with Crippen LogP contribution < -0.4 is 14.8 Å². The standard InChI is InChI=1S/C22H31N3O4S/c1-5-13-29-22-18(7-6-12-23-22)15-24-21(26)20(14-16(2)3)25-30(27,28)19-10-8-17(4)9-11-19/h6-12,16,20,25H,5,13-15H2,1-4H3,(H,24,26). The van der Waals surface area contributed by atoms with E-state index in [2.05, 4.69) is 15.0 Å². The molecular formula is C22H31N3O4S. The van der Waals surface area contributed by atoms with E-state index in [9.17, 15) is 13.2 Å². The van der Waals surface area contributed by atoms with Crippen LogP contribution in [-0.4, -0.2) is 32.0 Å². The van der Waals surface area contributed by atoms with E-state index in [1.54, 1.807) is 24.4 Å². The molecule has 1 atom stereocenters. The second-order valence-electron chi connectivity index (χ2n) is 7.65. The van der Waals surface area contributed by atoms with E-state index in [0.717, 1.165) is 17.5 Å². The molecule has 1 aromatic heterocycles. The Morgan fingerprint density at radius 2 is 1.87 bits per heavy atom. The fourth-order valence-corrected chi connectivity index (χ4v) is 4.05. The first-order valence-corrected chi connectivity index (χ1v) is 11.6. The van der Waals surface area contributed by atoms with E-state index in [0.29, 0.717) is 18.9 Å². The zero-order valence-corrected chi connectivity index (χ0v) is 18.8. The number of hydrogen-bond donors (Lipinski definition) is 2. The predicted molar refractivity (Wildman–Crippen MR) is 117 cm³/mol. The zero-order valence-electron chi connectivity index (χ0n) is 18.0. The van der Waals surface area contributed by atoms with Crippen LogP contribution in [0.25, 0.3) is 0 Å². The Morgan fingerprint density at radius 3 is 2.50 bits per heavy atom. The van der Waals surface area contributed by atoms with Crippen molar-refractivity contribution in [3.8, 4) is 5.88 Å². The van der Waals surface area contributed by atoms with Crippen LogP contribution in [0.5, 0.6) is 5.88 Å². The maximum atomic E-state index is 12.8. The summed E-state index contributed by atoms with van der Waals surface area (Å²) in [5.41, 5.74) is 1.70. The number of benzene rings is 1. The maximum absolute atomic E-state index is 12.8. The van der Waals surface area contributed by atoms with Crippen molar-refractivity contribution < 1.29 is 17.9 Å². The minimum Gasteiger partial charge on any atom is -0.477 e. The van der Waals surface area contributed by atoms with Crippen LogP contribution in [0.2, 0.25) is 0 Å². The maximum Gasteiger partial charge on any atom is 0.241 e. The molecule has 2 N–H and O–H groups in total. The first kappa shape index (κ1) is 23.8. The SMILES string of the molecule is CCCOc1ncccc1CNC(=O)C(CC(C)C)NS(=O)(=O)c1ccc(C)cc1. The number of nitrogens with zero attached hydrogens (tertiary/aromatic N) is 1. The number of carbonyl (C=O) groups excluding carboxylic acids is 1. The van der Waals surface area contributed by atoms with Crippen molar-refractivity contribution in [1.29, 1.82) is 0 Å². The van der Waals surface area contributed by atoms with E-state index in [-0.39, 0.29) is 23.3 Å². The van der Waals surface area contributed by atoms with E-state index in [1.807, 2.05) is 33.8 Å². The molecule has 2 rings (SSSR count). The van der Waals surface area contributed by atoms with Crippen molar-refractivity contribution in [3.63, 3.8) is 0 Å². The molecule has 0 saturated heterocycles. The van der Waals surface area contributed by atoms with Gasteiger partial charge in [0, 0.05) is 18.3 Å². The number of carbonyl (C=O) groups is 1. The van der Waals surface area contributed by atoms with Gasteiger partial charge in [0.2, 0.25) is 21.8 Å². The number of nitrogens with one attached hydrogen (secondary N) is 2. The fraction of sp³-hybridized carbons (Fsp3) is 0.455. The van der Waals surface area contributed by atoms with Crippen LogP contribution in [-0.2, 0) is 21.4 Å². The highest BCUT2D eigenvalue weighted by Gasteiger charge is 2.26. The van der Waals surface area contributed by atoms with Crippen LogP contribution in [0.4, 0.5) is 0 Å². The summed E-state index contributed by atoms with van der Waals surface area (Å²) < 4.78 is 33.7. The van der Waals surface area contributed by atoms with Gasteiger partial charge in [-0.1, -0.05) is 44.5 Å². The fourth-order valence-electron chi connectivity index (χ4n) is 2.85. The number of ether oxygens (including phenoxy) is 1. The van der Waals surface area contributed by atoms with E-state index in [4.69, 9.17) is 4.74 Å². The summed E-state index contributed by atoms with van der Waals surface area (Å²) in [4.78, 5) is 17.2. The van der Waals surface area contributed by atoms with Crippen LogP contribution in [0, 0.1) is 12.8 Å². The molecule has 0 spiro atoms. The number of amides is 1. The average molecular weight is 434 g/mol. The van der Waals surface area contributed by atoms with Gasteiger partial charge in [0.05, 0.1) is 11.5 Å². The summed E-state index contributed by atoms with van der Waals surface area (Å²) in [6, 6.07) is 9.24. The molecule has 1 aromatic carbocycles. The first-order valence-electron chi connectivity index (χ1n) is 10.2. The Hall–Kier alpha value is -2.45. The van der Waals surface area contributed by atoms with Crippen molar-refractivity contribution in [2.45, 2.75) is 58.0 Å². The summed E-state index contributed by atoms with van der Waals surface area (Å²) in [6.45, 7) is 8.50. The Balaban J connectivity index is 2.11. The molecule has 0 aliphatic heterocycles. The molecule has 0 radical (unpaired) electrons. The van der Waals surface area contributed by atoms with E-state index >= 15 is 0 Å². The van der Waals surface area contributed by atoms with Crippen LogP contribution in [0.3, 0.4) is 0 Å². The van der Waals surface area contributed by atoms with Gasteiger partial charge in [-0.15, -0.1) is 0 Å². The van der Waals surface area contributed by atoms with Gasteiger partial charge in [-0.2, -0.15) is 4.72 Å². The lowest BCUT2D eigenvalue weighted by molar-refractivity contribution is -0.123. The molecule has 164 valence electrons. The first-order chi connectivity index (χ1) is 14.2. The van der Waals surface area contributed by atoms with Gasteiger partial charge in [-0.25, -0.2) is 13.4 Å². The third-order valence-electron chi connectivity index (χ3n) is 4.40. The van der Waals surface area contributed by atoms with Crippen molar-refractivity contribution in [3.05, 3.63) is 53.7 Å². The highest BCUT2D eigenvalue weighted by Crippen LogP contribution is 2.16. The lowest BCUT2D eigenvalue weighted by Gasteiger charge is -2.20. The lowest BCUT2D eigenvalue weighted by atomic mass is 10.0. The normalized spacial score (nSPS) is 12.6. The summed E-state index contributed by atoms with van der Waals surface area (Å²) in [6.07, 6.45) is 2.86. The summed E-state index contributed by atoms with van der Waals surface area (Å²) >= 11 is 0. The molecule has 2 aromatic rings. The Labute approximate surface area is 179 Å². The number of hydrogen-bond acceptors (Lipinski definition) is 5. The van der Waals surface area contributed by atoms with Crippen LogP contribution in [0.1, 0.15) is 44.7 Å². The van der Waals surface area contributed by atoms with Gasteiger partial charge in [-0.3, -0.25) is 4.79 Å².